The van der Waals surface area contributed by atoms with Gasteiger partial charge in [0.05, 0.1) is 11.4 Å². The molecule has 0 aliphatic carbocycles. The van der Waals surface area contributed by atoms with Crippen LogP contribution in [0, 0.1) is 11.6 Å². The molecular weight excluding hydrogens is 404 g/mol. The van der Waals surface area contributed by atoms with Crippen LogP contribution in [0.25, 0.3) is 11.4 Å². The number of hydrogen-bond acceptors (Lipinski definition) is 7. The molecule has 1 aliphatic rings. The molecule has 0 spiro atoms. The molecule has 0 atom stereocenters. The highest BCUT2D eigenvalue weighted by atomic mass is 32.2. The van der Waals surface area contributed by atoms with Crippen LogP contribution in [0.1, 0.15) is 5.89 Å². The number of piperazine rings is 1. The average molecular weight is 421 g/mol. The maximum Gasteiger partial charge on any atom is 0.243 e. The lowest BCUT2D eigenvalue weighted by atomic mass is 10.3. The highest BCUT2D eigenvalue weighted by Gasteiger charge is 2.29. The zero-order valence-electron chi connectivity index (χ0n) is 15.2. The predicted molar refractivity (Wildman–Crippen MR) is 97.9 cm³/mol. The van der Waals surface area contributed by atoms with Crippen LogP contribution >= 0.6 is 0 Å². The number of sulfonamides is 1. The van der Waals surface area contributed by atoms with E-state index in [1.165, 1.54) is 4.31 Å². The summed E-state index contributed by atoms with van der Waals surface area (Å²) in [6.45, 7) is 1.68. The third kappa shape index (κ3) is 4.16. The van der Waals surface area contributed by atoms with Gasteiger partial charge in [0.15, 0.2) is 11.6 Å². The summed E-state index contributed by atoms with van der Waals surface area (Å²) in [5.41, 5.74) is 0.741. The monoisotopic (exact) mass is 421 g/mol. The van der Waals surface area contributed by atoms with Crippen LogP contribution in [0.3, 0.4) is 0 Å². The van der Waals surface area contributed by atoms with Crippen LogP contribution in [-0.4, -0.2) is 58.9 Å². The lowest BCUT2D eigenvalue weighted by Crippen LogP contribution is -2.48. The van der Waals surface area contributed by atoms with Crippen molar-refractivity contribution in [3.8, 4) is 11.4 Å². The van der Waals surface area contributed by atoms with Crippen LogP contribution in [0.5, 0.6) is 0 Å². The lowest BCUT2D eigenvalue weighted by Gasteiger charge is -2.33. The molecule has 29 heavy (non-hydrogen) atoms. The molecule has 2 aromatic heterocycles. The van der Waals surface area contributed by atoms with Crippen molar-refractivity contribution in [2.75, 3.05) is 26.2 Å². The van der Waals surface area contributed by atoms with Crippen molar-refractivity contribution in [2.24, 2.45) is 0 Å². The quantitative estimate of drug-likeness (QED) is 0.621. The van der Waals surface area contributed by atoms with E-state index >= 15 is 0 Å². The summed E-state index contributed by atoms with van der Waals surface area (Å²) in [4.78, 5) is 10.1. The van der Waals surface area contributed by atoms with Crippen molar-refractivity contribution in [3.05, 3.63) is 60.3 Å². The molecule has 11 heteroatoms. The van der Waals surface area contributed by atoms with Crippen LogP contribution in [0.4, 0.5) is 8.78 Å². The fourth-order valence-corrected chi connectivity index (χ4v) is 4.47. The van der Waals surface area contributed by atoms with Gasteiger partial charge < -0.3 is 4.52 Å². The van der Waals surface area contributed by atoms with Crippen LogP contribution < -0.4 is 0 Å². The van der Waals surface area contributed by atoms with E-state index in [-0.39, 0.29) is 18.0 Å². The fraction of sp³-hybridized carbons (Fsp3) is 0.278. The first-order valence-corrected chi connectivity index (χ1v) is 10.3. The Kier molecular flexibility index (Phi) is 5.35. The number of halogens is 2. The second kappa shape index (κ2) is 7.93. The van der Waals surface area contributed by atoms with Crippen molar-refractivity contribution in [3.63, 3.8) is 0 Å². The van der Waals surface area contributed by atoms with Crippen LogP contribution in [0.2, 0.25) is 0 Å². The molecule has 1 aromatic carbocycles. The number of nitrogens with zero attached hydrogens (tertiary/aromatic N) is 5. The molecule has 0 amide bonds. The Morgan fingerprint density at radius 3 is 2.55 bits per heavy atom. The van der Waals surface area contributed by atoms with Gasteiger partial charge in [-0.05, 0) is 30.3 Å². The summed E-state index contributed by atoms with van der Waals surface area (Å²) in [6.07, 6.45) is 3.29. The molecule has 152 valence electrons. The van der Waals surface area contributed by atoms with Gasteiger partial charge in [-0.1, -0.05) is 5.16 Å². The number of rotatable bonds is 5. The van der Waals surface area contributed by atoms with E-state index in [9.17, 15) is 17.2 Å². The Labute approximate surface area is 165 Å². The average Bonchev–Trinajstić information content (AvgIpc) is 3.19. The first-order valence-electron chi connectivity index (χ1n) is 8.84. The minimum atomic E-state index is -3.89. The molecule has 0 radical (unpaired) electrons. The van der Waals surface area contributed by atoms with Gasteiger partial charge in [0.25, 0.3) is 0 Å². The molecule has 0 N–H and O–H groups in total. The maximum atomic E-state index is 13.4. The predicted octanol–water partition coefficient (Wildman–Crippen LogP) is 1.92. The van der Waals surface area contributed by atoms with E-state index in [1.54, 1.807) is 18.5 Å². The van der Waals surface area contributed by atoms with Gasteiger partial charge in [-0.3, -0.25) is 9.88 Å². The Morgan fingerprint density at radius 1 is 1.07 bits per heavy atom. The molecular formula is C18H17F2N5O3S. The molecule has 1 saturated heterocycles. The standard InChI is InChI=1S/C18H17F2N5O3S/c19-15-4-3-14(10-16(15)20)29(26,27)25-8-6-24(7-9-25)12-17-22-18(23-28-17)13-2-1-5-21-11-13/h1-5,10-11H,6-9,12H2. The third-order valence-corrected chi connectivity index (χ3v) is 6.50. The van der Waals surface area contributed by atoms with E-state index in [0.29, 0.717) is 37.4 Å². The number of aromatic nitrogens is 3. The zero-order valence-corrected chi connectivity index (χ0v) is 16.0. The second-order valence-corrected chi connectivity index (χ2v) is 8.45. The molecule has 8 nitrogen and oxygen atoms in total. The van der Waals surface area contributed by atoms with Crippen LogP contribution in [-0.2, 0) is 16.6 Å². The molecule has 0 unspecified atom stereocenters. The molecule has 0 bridgehead atoms. The highest BCUT2D eigenvalue weighted by molar-refractivity contribution is 7.89. The van der Waals surface area contributed by atoms with E-state index in [0.717, 1.165) is 17.7 Å². The van der Waals surface area contributed by atoms with Crippen molar-refractivity contribution >= 4 is 10.0 Å². The zero-order chi connectivity index (χ0) is 20.4. The van der Waals surface area contributed by atoms with Gasteiger partial charge in [-0.2, -0.15) is 9.29 Å². The SMILES string of the molecule is O=S(=O)(c1ccc(F)c(F)c1)N1CCN(Cc2nc(-c3cccnc3)no2)CC1. The van der Waals surface area contributed by atoms with E-state index < -0.39 is 21.7 Å². The van der Waals surface area contributed by atoms with Gasteiger partial charge in [0, 0.05) is 44.1 Å². The molecule has 3 heterocycles. The molecule has 1 aliphatic heterocycles. The summed E-state index contributed by atoms with van der Waals surface area (Å²) >= 11 is 0. The van der Waals surface area contributed by atoms with Gasteiger partial charge in [0.1, 0.15) is 0 Å². The minimum Gasteiger partial charge on any atom is -0.338 e. The largest absolute Gasteiger partial charge is 0.338 e. The Hall–Kier alpha value is -2.76. The summed E-state index contributed by atoms with van der Waals surface area (Å²) in [5, 5.41) is 3.94. The van der Waals surface area contributed by atoms with Crippen molar-refractivity contribution < 1.29 is 21.7 Å². The normalized spacial score (nSPS) is 16.2. The number of benzene rings is 1. The minimum absolute atomic E-state index is 0.213. The van der Waals surface area contributed by atoms with Crippen molar-refractivity contribution in [2.45, 2.75) is 11.4 Å². The molecule has 4 rings (SSSR count). The third-order valence-electron chi connectivity index (χ3n) is 4.61. The highest BCUT2D eigenvalue weighted by Crippen LogP contribution is 2.21. The molecule has 1 fully saturated rings. The van der Waals surface area contributed by atoms with Gasteiger partial charge >= 0.3 is 0 Å². The first kappa shape index (κ1) is 19.6. The van der Waals surface area contributed by atoms with Crippen molar-refractivity contribution in [1.82, 2.24) is 24.3 Å². The summed E-state index contributed by atoms with van der Waals surface area (Å²) < 4.78 is 58.3. The summed E-state index contributed by atoms with van der Waals surface area (Å²) in [6, 6.07) is 6.18. The van der Waals surface area contributed by atoms with Crippen molar-refractivity contribution in [1.29, 1.82) is 0 Å². The first-order chi connectivity index (χ1) is 13.9. The lowest BCUT2D eigenvalue weighted by molar-refractivity contribution is 0.163. The summed E-state index contributed by atoms with van der Waals surface area (Å²) in [7, 11) is -3.89. The van der Waals surface area contributed by atoms with E-state index in [2.05, 4.69) is 15.1 Å². The van der Waals surface area contributed by atoms with Gasteiger partial charge in [-0.25, -0.2) is 17.2 Å². The molecule has 3 aromatic rings. The number of hydrogen-bond donors (Lipinski definition) is 0. The van der Waals surface area contributed by atoms with E-state index in [4.69, 9.17) is 4.52 Å². The Bertz CT molecular complexity index is 1100. The molecule has 0 saturated carbocycles. The number of pyridine rings is 1. The smallest absolute Gasteiger partial charge is 0.243 e. The van der Waals surface area contributed by atoms with E-state index in [1.807, 2.05) is 11.0 Å². The summed E-state index contributed by atoms with van der Waals surface area (Å²) in [5.74, 6) is -1.42. The second-order valence-electron chi connectivity index (χ2n) is 6.51. The topological polar surface area (TPSA) is 92.4 Å². The van der Waals surface area contributed by atoms with Gasteiger partial charge in [0.2, 0.25) is 21.7 Å². The van der Waals surface area contributed by atoms with Crippen LogP contribution in [0.15, 0.2) is 52.1 Å². The Balaban J connectivity index is 1.38. The fourth-order valence-electron chi connectivity index (χ4n) is 3.04. The Morgan fingerprint density at radius 2 is 1.86 bits per heavy atom. The maximum absolute atomic E-state index is 13.4. The van der Waals surface area contributed by atoms with Gasteiger partial charge in [-0.15, -0.1) is 0 Å².